The first-order valence-electron chi connectivity index (χ1n) is 5.99. The summed E-state index contributed by atoms with van der Waals surface area (Å²) in [4.78, 5) is 11.2. The van der Waals surface area contributed by atoms with Gasteiger partial charge in [-0.25, -0.2) is 4.39 Å². The molecular weight excluding hydrogens is 253 g/mol. The molecule has 5 nitrogen and oxygen atoms in total. The summed E-state index contributed by atoms with van der Waals surface area (Å²) >= 11 is 0. The van der Waals surface area contributed by atoms with Gasteiger partial charge in [0.2, 0.25) is 0 Å². The van der Waals surface area contributed by atoms with Gasteiger partial charge < -0.3 is 20.7 Å². The van der Waals surface area contributed by atoms with Crippen LogP contribution in [0.3, 0.4) is 0 Å². The van der Waals surface area contributed by atoms with E-state index >= 15 is 0 Å². The molecule has 0 bridgehead atoms. The molecule has 0 amide bonds. The zero-order valence-electron chi connectivity index (χ0n) is 10.7. The lowest BCUT2D eigenvalue weighted by Crippen LogP contribution is -2.24. The normalized spacial score (nSPS) is 13.9. The van der Waals surface area contributed by atoms with Crippen LogP contribution in [-0.2, 0) is 16.1 Å². The molecule has 0 heterocycles. The Morgan fingerprint density at radius 1 is 1.47 bits per heavy atom. The van der Waals surface area contributed by atoms with Crippen molar-refractivity contribution >= 4 is 5.97 Å². The van der Waals surface area contributed by atoms with Gasteiger partial charge in [0, 0.05) is 6.54 Å². The smallest absolute Gasteiger partial charge is 0.308 e. The van der Waals surface area contributed by atoms with Crippen molar-refractivity contribution in [3.8, 4) is 0 Å². The van der Waals surface area contributed by atoms with Crippen molar-refractivity contribution in [1.29, 1.82) is 0 Å². The number of aliphatic hydroxyl groups is 2. The fourth-order valence-corrected chi connectivity index (χ4v) is 1.75. The average Bonchev–Trinajstić information content (AvgIpc) is 2.37. The highest BCUT2D eigenvalue weighted by atomic mass is 19.1. The third kappa shape index (κ3) is 4.27. The molecule has 19 heavy (non-hydrogen) atoms. The van der Waals surface area contributed by atoms with Gasteiger partial charge in [0.05, 0.1) is 19.1 Å². The minimum Gasteiger partial charge on any atom is -0.466 e. The fourth-order valence-electron chi connectivity index (χ4n) is 1.75. The number of esters is 1. The van der Waals surface area contributed by atoms with Gasteiger partial charge in [0.25, 0.3) is 0 Å². The SMILES string of the molecule is CCOC(=O)CC(O)C(O)c1ccc(F)cc1CN. The van der Waals surface area contributed by atoms with Crippen LogP contribution in [0.25, 0.3) is 0 Å². The van der Waals surface area contributed by atoms with Crippen LogP contribution in [0.15, 0.2) is 18.2 Å². The molecule has 0 radical (unpaired) electrons. The zero-order chi connectivity index (χ0) is 14.4. The number of hydrogen-bond acceptors (Lipinski definition) is 5. The molecule has 0 aromatic heterocycles. The van der Waals surface area contributed by atoms with E-state index in [0.29, 0.717) is 11.1 Å². The minimum absolute atomic E-state index is 0.0241. The van der Waals surface area contributed by atoms with Gasteiger partial charge in [-0.3, -0.25) is 4.79 Å². The van der Waals surface area contributed by atoms with Crippen LogP contribution in [0.1, 0.15) is 30.6 Å². The maximum Gasteiger partial charge on any atom is 0.308 e. The Bertz CT molecular complexity index is 439. The van der Waals surface area contributed by atoms with Gasteiger partial charge in [-0.15, -0.1) is 0 Å². The summed E-state index contributed by atoms with van der Waals surface area (Å²) in [5, 5.41) is 19.7. The molecule has 0 fully saturated rings. The molecule has 1 aromatic rings. The Balaban J connectivity index is 2.81. The number of ether oxygens (including phenoxy) is 1. The van der Waals surface area contributed by atoms with Crippen molar-refractivity contribution < 1.29 is 24.1 Å². The Kier molecular flexibility index (Phi) is 5.88. The summed E-state index contributed by atoms with van der Waals surface area (Å²) in [6, 6.07) is 3.70. The zero-order valence-corrected chi connectivity index (χ0v) is 10.7. The van der Waals surface area contributed by atoms with Crippen molar-refractivity contribution in [2.24, 2.45) is 5.73 Å². The van der Waals surface area contributed by atoms with Crippen molar-refractivity contribution in [3.05, 3.63) is 35.1 Å². The molecule has 0 spiro atoms. The van der Waals surface area contributed by atoms with Gasteiger partial charge in [-0.2, -0.15) is 0 Å². The van der Waals surface area contributed by atoms with Crippen LogP contribution in [0.5, 0.6) is 0 Å². The molecular formula is C13H18FNO4. The molecule has 1 aromatic carbocycles. The molecule has 0 aliphatic rings. The highest BCUT2D eigenvalue weighted by molar-refractivity contribution is 5.70. The monoisotopic (exact) mass is 271 g/mol. The summed E-state index contributed by atoms with van der Waals surface area (Å²) in [6.07, 6.45) is -2.98. The lowest BCUT2D eigenvalue weighted by Gasteiger charge is -2.20. The van der Waals surface area contributed by atoms with Crippen LogP contribution in [-0.4, -0.2) is 28.9 Å². The molecule has 0 aliphatic heterocycles. The summed E-state index contributed by atoms with van der Waals surface area (Å²) in [5.74, 6) is -1.08. The largest absolute Gasteiger partial charge is 0.466 e. The number of aliphatic hydroxyl groups excluding tert-OH is 2. The molecule has 2 unspecified atom stereocenters. The summed E-state index contributed by atoms with van der Waals surface area (Å²) < 4.78 is 17.7. The Morgan fingerprint density at radius 2 is 2.16 bits per heavy atom. The number of carbonyl (C=O) groups is 1. The van der Waals surface area contributed by atoms with Crippen LogP contribution in [0, 0.1) is 5.82 Å². The van der Waals surface area contributed by atoms with Crippen molar-refractivity contribution in [2.45, 2.75) is 32.1 Å². The van der Waals surface area contributed by atoms with Crippen LogP contribution in [0.2, 0.25) is 0 Å². The summed E-state index contributed by atoms with van der Waals surface area (Å²) in [7, 11) is 0. The molecule has 0 aliphatic carbocycles. The fraction of sp³-hybridized carbons (Fsp3) is 0.462. The maximum atomic E-state index is 13.0. The minimum atomic E-state index is -1.32. The lowest BCUT2D eigenvalue weighted by atomic mass is 9.97. The molecule has 4 N–H and O–H groups in total. The van der Waals surface area contributed by atoms with Crippen LogP contribution >= 0.6 is 0 Å². The first-order chi connectivity index (χ1) is 8.99. The van der Waals surface area contributed by atoms with Gasteiger partial charge in [0.15, 0.2) is 0 Å². The van der Waals surface area contributed by atoms with E-state index in [9.17, 15) is 19.4 Å². The predicted molar refractivity (Wildman–Crippen MR) is 66.5 cm³/mol. The second-order valence-electron chi connectivity index (χ2n) is 4.07. The number of halogens is 1. The first-order valence-corrected chi connectivity index (χ1v) is 5.99. The van der Waals surface area contributed by atoms with E-state index in [1.165, 1.54) is 12.1 Å². The lowest BCUT2D eigenvalue weighted by molar-refractivity contribution is -0.147. The van der Waals surface area contributed by atoms with Crippen LogP contribution < -0.4 is 5.73 Å². The summed E-state index contributed by atoms with van der Waals surface area (Å²) in [6.45, 7) is 1.87. The predicted octanol–water partition coefficient (Wildman–Crippen LogP) is 0.632. The highest BCUT2D eigenvalue weighted by Crippen LogP contribution is 2.23. The number of carbonyl (C=O) groups excluding carboxylic acids is 1. The van der Waals surface area contributed by atoms with Gasteiger partial charge in [-0.05, 0) is 30.2 Å². The van der Waals surface area contributed by atoms with E-state index in [4.69, 9.17) is 5.73 Å². The Labute approximate surface area is 110 Å². The first kappa shape index (κ1) is 15.6. The van der Waals surface area contributed by atoms with E-state index in [-0.39, 0.29) is 19.6 Å². The van der Waals surface area contributed by atoms with E-state index in [2.05, 4.69) is 4.74 Å². The molecule has 6 heteroatoms. The average molecular weight is 271 g/mol. The van der Waals surface area contributed by atoms with E-state index < -0.39 is 24.0 Å². The van der Waals surface area contributed by atoms with Gasteiger partial charge >= 0.3 is 5.97 Å². The van der Waals surface area contributed by atoms with E-state index in [1.807, 2.05) is 0 Å². The van der Waals surface area contributed by atoms with Crippen molar-refractivity contribution in [2.75, 3.05) is 6.61 Å². The van der Waals surface area contributed by atoms with E-state index in [0.717, 1.165) is 6.07 Å². The van der Waals surface area contributed by atoms with Crippen LogP contribution in [0.4, 0.5) is 4.39 Å². The van der Waals surface area contributed by atoms with Crippen molar-refractivity contribution in [3.63, 3.8) is 0 Å². The van der Waals surface area contributed by atoms with Crippen molar-refractivity contribution in [1.82, 2.24) is 0 Å². The molecule has 1 rings (SSSR count). The van der Waals surface area contributed by atoms with Gasteiger partial charge in [-0.1, -0.05) is 6.07 Å². The second-order valence-corrected chi connectivity index (χ2v) is 4.07. The maximum absolute atomic E-state index is 13.0. The molecule has 0 saturated carbocycles. The summed E-state index contributed by atoms with van der Waals surface area (Å²) in [5.41, 5.74) is 6.15. The van der Waals surface area contributed by atoms with E-state index in [1.54, 1.807) is 6.92 Å². The number of rotatable bonds is 6. The number of nitrogens with two attached hydrogens (primary N) is 1. The molecule has 0 saturated heterocycles. The molecule has 2 atom stereocenters. The third-order valence-electron chi connectivity index (χ3n) is 2.69. The second kappa shape index (κ2) is 7.18. The number of benzene rings is 1. The standard InChI is InChI=1S/C13H18FNO4/c1-2-19-12(17)6-11(16)13(18)10-4-3-9(14)5-8(10)7-15/h3-5,11,13,16,18H,2,6-7,15H2,1H3. The van der Waals surface area contributed by atoms with Gasteiger partial charge in [0.1, 0.15) is 11.9 Å². The number of hydrogen-bond donors (Lipinski definition) is 3. The molecule has 106 valence electrons. The third-order valence-corrected chi connectivity index (χ3v) is 2.69. The highest BCUT2D eigenvalue weighted by Gasteiger charge is 2.24. The topological polar surface area (TPSA) is 92.8 Å². The Hall–Kier alpha value is -1.50. The Morgan fingerprint density at radius 3 is 2.74 bits per heavy atom. The quantitative estimate of drug-likeness (QED) is 0.660.